The molecule has 4 aromatic rings. The molecular weight excluding hydrogens is 592 g/mol. The molecule has 0 aliphatic carbocycles. The van der Waals surface area contributed by atoms with Crippen molar-refractivity contribution in [3.8, 4) is 11.3 Å². The number of aryl methyl sites for hydroxylation is 2. The van der Waals surface area contributed by atoms with Crippen molar-refractivity contribution in [3.63, 3.8) is 0 Å². The summed E-state index contributed by atoms with van der Waals surface area (Å²) in [6.07, 6.45) is 4.07. The van der Waals surface area contributed by atoms with Crippen LogP contribution in [0.25, 0.3) is 22.3 Å². The Morgan fingerprint density at radius 2 is 1.87 bits per heavy atom. The van der Waals surface area contributed by atoms with Crippen molar-refractivity contribution < 1.29 is 24.0 Å². The molecule has 1 amide bonds. The van der Waals surface area contributed by atoms with Crippen LogP contribution >= 0.6 is 0 Å². The van der Waals surface area contributed by atoms with Crippen LogP contribution in [0.3, 0.4) is 0 Å². The van der Waals surface area contributed by atoms with E-state index in [2.05, 4.69) is 15.3 Å². The maximum atomic E-state index is 13.1. The number of likely N-dealkylation sites (N-methyl/N-ethyl adjacent to an activating group) is 2. The van der Waals surface area contributed by atoms with Gasteiger partial charge in [-0.05, 0) is 65.3 Å². The number of carbonyl (C=O) groups is 2. The summed E-state index contributed by atoms with van der Waals surface area (Å²) in [7, 11) is 5.19. The molecule has 1 aromatic carbocycles. The summed E-state index contributed by atoms with van der Waals surface area (Å²) in [5.41, 5.74) is 2.57. The summed E-state index contributed by atoms with van der Waals surface area (Å²) >= 11 is 0. The Kier molecular flexibility index (Phi) is 9.78. The highest BCUT2D eigenvalue weighted by Gasteiger charge is 2.25. The number of hydrogen-bond donors (Lipinski definition) is 1. The first-order chi connectivity index (χ1) is 21.6. The van der Waals surface area contributed by atoms with Crippen LogP contribution in [0.15, 0.2) is 42.9 Å². The lowest BCUT2D eigenvalue weighted by Crippen LogP contribution is -2.38. The molecule has 3 aromatic heterocycles. The number of nitrogens with one attached hydrogen (secondary N) is 1. The Hall–Kier alpha value is -5.27. The van der Waals surface area contributed by atoms with Gasteiger partial charge in [0.1, 0.15) is 22.5 Å². The fourth-order valence-corrected chi connectivity index (χ4v) is 4.72. The minimum atomic E-state index is -0.635. The van der Waals surface area contributed by atoms with E-state index in [1.165, 1.54) is 17.2 Å². The van der Waals surface area contributed by atoms with Crippen molar-refractivity contribution in [1.29, 1.82) is 0 Å². The topological polar surface area (TPSA) is 158 Å². The molecule has 0 atom stereocenters. The van der Waals surface area contributed by atoms with Crippen LogP contribution in [-0.2, 0) is 16.5 Å². The molecule has 244 valence electrons. The Labute approximate surface area is 267 Å². The monoisotopic (exact) mass is 632 g/mol. The summed E-state index contributed by atoms with van der Waals surface area (Å²) in [4.78, 5) is 53.8. The molecule has 14 heteroatoms. The zero-order valence-corrected chi connectivity index (χ0v) is 27.6. The van der Waals surface area contributed by atoms with E-state index in [0.717, 1.165) is 5.39 Å². The number of ether oxygens (including phenoxy) is 2. The third-order valence-corrected chi connectivity index (χ3v) is 6.99. The van der Waals surface area contributed by atoms with Crippen molar-refractivity contribution >= 4 is 46.1 Å². The van der Waals surface area contributed by atoms with E-state index in [4.69, 9.17) is 14.5 Å². The molecule has 0 bridgehead atoms. The van der Waals surface area contributed by atoms with Crippen LogP contribution in [0.5, 0.6) is 0 Å². The SMILES string of the molecule is Cc1cc(N(C)CCN(C)C(=O)OC(C)(C)C)c([N+](=O)[O-])cc1Nc1ncc(C(=O)OC(C)C)c(-c2cn(C)c3ncccc23)n1. The number of amides is 1. The van der Waals surface area contributed by atoms with E-state index >= 15 is 0 Å². The van der Waals surface area contributed by atoms with Gasteiger partial charge in [0.05, 0.1) is 22.4 Å². The van der Waals surface area contributed by atoms with E-state index in [0.29, 0.717) is 40.4 Å². The first-order valence-electron chi connectivity index (χ1n) is 14.8. The van der Waals surface area contributed by atoms with Gasteiger partial charge in [0.2, 0.25) is 5.95 Å². The standard InChI is InChI=1S/C32H40N8O6/c1-19(2)45-29(41)22-17-34-30(36-27(22)23-18-39(9)28-21(23)11-10-12-33-28)35-24-16-26(40(43)44)25(15-20(24)3)37(7)13-14-38(8)31(42)46-32(4,5)6/h10-12,15-19H,13-14H2,1-9H3,(H,34,35,36). The molecular formula is C32H40N8O6. The summed E-state index contributed by atoms with van der Waals surface area (Å²) in [5, 5.41) is 16.1. The minimum Gasteiger partial charge on any atom is -0.459 e. The number of nitro benzene ring substituents is 1. The van der Waals surface area contributed by atoms with Crippen LogP contribution in [0, 0.1) is 17.0 Å². The number of carbonyl (C=O) groups excluding carboxylic acids is 2. The van der Waals surface area contributed by atoms with E-state index in [1.807, 2.05) is 30.8 Å². The molecule has 0 saturated carbocycles. The van der Waals surface area contributed by atoms with Gasteiger partial charge in [-0.25, -0.2) is 24.5 Å². The van der Waals surface area contributed by atoms with Crippen LogP contribution in [0.2, 0.25) is 0 Å². The second-order valence-corrected chi connectivity index (χ2v) is 12.3. The first-order valence-corrected chi connectivity index (χ1v) is 14.8. The molecule has 3 heterocycles. The molecule has 0 aliphatic heterocycles. The van der Waals surface area contributed by atoms with Crippen molar-refractivity contribution in [3.05, 3.63) is 64.1 Å². The quantitative estimate of drug-likeness (QED) is 0.127. The molecule has 0 aliphatic rings. The molecule has 46 heavy (non-hydrogen) atoms. The average Bonchev–Trinajstić information content (AvgIpc) is 3.31. The number of fused-ring (bicyclic) bond motifs is 1. The predicted octanol–water partition coefficient (Wildman–Crippen LogP) is 5.86. The smallest absolute Gasteiger partial charge is 0.410 e. The number of aromatic nitrogens is 4. The van der Waals surface area contributed by atoms with Gasteiger partial charge in [-0.2, -0.15) is 0 Å². The second kappa shape index (κ2) is 13.4. The number of rotatable bonds is 10. The lowest BCUT2D eigenvalue weighted by molar-refractivity contribution is -0.384. The summed E-state index contributed by atoms with van der Waals surface area (Å²) in [6, 6.07) is 6.80. The zero-order chi connectivity index (χ0) is 33.9. The third kappa shape index (κ3) is 7.68. The second-order valence-electron chi connectivity index (χ2n) is 12.3. The molecule has 0 radical (unpaired) electrons. The highest BCUT2D eigenvalue weighted by atomic mass is 16.6. The molecule has 0 spiro atoms. The van der Waals surface area contributed by atoms with Gasteiger partial charge in [0, 0.05) is 69.8 Å². The Morgan fingerprint density at radius 1 is 1.15 bits per heavy atom. The van der Waals surface area contributed by atoms with Crippen molar-refractivity contribution in [1.82, 2.24) is 24.4 Å². The first kappa shape index (κ1) is 33.6. The highest BCUT2D eigenvalue weighted by Crippen LogP contribution is 2.36. The maximum Gasteiger partial charge on any atom is 0.410 e. The third-order valence-electron chi connectivity index (χ3n) is 6.99. The molecule has 14 nitrogen and oxygen atoms in total. The lowest BCUT2D eigenvalue weighted by atomic mass is 10.1. The van der Waals surface area contributed by atoms with E-state index in [9.17, 15) is 19.7 Å². The number of anilines is 3. The molecule has 0 fully saturated rings. The van der Waals surface area contributed by atoms with Crippen LogP contribution in [-0.4, -0.2) is 80.3 Å². The molecule has 4 rings (SSSR count). The van der Waals surface area contributed by atoms with Gasteiger partial charge < -0.3 is 29.2 Å². The number of esters is 1. The summed E-state index contributed by atoms with van der Waals surface area (Å²) in [5.74, 6) is -0.441. The highest BCUT2D eigenvalue weighted by molar-refractivity contribution is 6.02. The van der Waals surface area contributed by atoms with Gasteiger partial charge >= 0.3 is 12.1 Å². The Bertz CT molecular complexity index is 1780. The van der Waals surface area contributed by atoms with Crippen LogP contribution in [0.1, 0.15) is 50.5 Å². The number of benzene rings is 1. The summed E-state index contributed by atoms with van der Waals surface area (Å²) < 4.78 is 12.7. The summed E-state index contributed by atoms with van der Waals surface area (Å²) in [6.45, 7) is 11.3. The lowest BCUT2D eigenvalue weighted by Gasteiger charge is -2.27. The molecule has 1 N–H and O–H groups in total. The Balaban J connectivity index is 1.67. The Morgan fingerprint density at radius 3 is 2.52 bits per heavy atom. The van der Waals surface area contributed by atoms with E-state index < -0.39 is 22.6 Å². The number of nitrogens with zero attached hydrogens (tertiary/aromatic N) is 7. The van der Waals surface area contributed by atoms with Crippen LogP contribution in [0.4, 0.5) is 27.8 Å². The van der Waals surface area contributed by atoms with Crippen LogP contribution < -0.4 is 10.2 Å². The van der Waals surface area contributed by atoms with Gasteiger partial charge in [-0.1, -0.05) is 0 Å². The number of nitro groups is 1. The van der Waals surface area contributed by atoms with Crippen molar-refractivity contribution in [2.24, 2.45) is 7.05 Å². The number of pyridine rings is 1. The van der Waals surface area contributed by atoms with Crippen molar-refractivity contribution in [2.75, 3.05) is 37.4 Å². The maximum absolute atomic E-state index is 13.1. The van der Waals surface area contributed by atoms with Gasteiger partial charge in [0.15, 0.2) is 0 Å². The van der Waals surface area contributed by atoms with Gasteiger partial charge in [-0.15, -0.1) is 0 Å². The minimum absolute atomic E-state index is 0.134. The zero-order valence-electron chi connectivity index (χ0n) is 27.6. The predicted molar refractivity (Wildman–Crippen MR) is 176 cm³/mol. The fraction of sp³-hybridized carbons (Fsp3) is 0.406. The number of hydrogen-bond acceptors (Lipinski definition) is 11. The normalized spacial score (nSPS) is 11.4. The molecule has 0 saturated heterocycles. The van der Waals surface area contributed by atoms with Gasteiger partial charge in [-0.3, -0.25) is 10.1 Å². The molecule has 0 unspecified atom stereocenters. The average molecular weight is 633 g/mol. The van der Waals surface area contributed by atoms with Gasteiger partial charge in [0.25, 0.3) is 5.69 Å². The van der Waals surface area contributed by atoms with E-state index in [-0.39, 0.29) is 29.8 Å². The largest absolute Gasteiger partial charge is 0.459 e. The fourth-order valence-electron chi connectivity index (χ4n) is 4.72. The van der Waals surface area contributed by atoms with Crippen molar-refractivity contribution in [2.45, 2.75) is 53.2 Å². The van der Waals surface area contributed by atoms with E-state index in [1.54, 1.807) is 71.9 Å².